The summed E-state index contributed by atoms with van der Waals surface area (Å²) >= 11 is 2.30. The third-order valence-corrected chi connectivity index (χ3v) is 4.92. The molecule has 0 saturated carbocycles. The molecular weight excluding hydrogens is 491 g/mol. The van der Waals surface area contributed by atoms with Crippen LogP contribution in [0.15, 0.2) is 104 Å². The topological polar surface area (TPSA) is 25.8 Å². The SMILES string of the molecule is C=Cc1ccncc1.Cc1ccc(/C=C/c2ccncc2)cc1.Cc1ccc(I)cc1. The fraction of sp³-hybridized carbons (Fsp3) is 0.0714. The van der Waals surface area contributed by atoms with Crippen LogP contribution in [-0.2, 0) is 0 Å². The molecule has 156 valence electrons. The minimum Gasteiger partial charge on any atom is -0.265 e. The van der Waals surface area contributed by atoms with Crippen molar-refractivity contribution in [3.8, 4) is 0 Å². The molecular formula is C28H27IN2. The standard InChI is InChI=1S/C14H13N.C7H7I.C7H7N/c1-12-2-4-13(5-3-12)6-7-14-8-10-15-11-9-14;1-6-2-4-7(8)5-3-6;1-2-7-3-5-8-6-4-7/h2-11H,1H3;2-5H,1H3;2-6H,1H2/b7-6+;;. The van der Waals surface area contributed by atoms with Gasteiger partial charge in [0.1, 0.15) is 0 Å². The summed E-state index contributed by atoms with van der Waals surface area (Å²) in [6.07, 6.45) is 13.1. The summed E-state index contributed by atoms with van der Waals surface area (Å²) in [6, 6.07) is 24.7. The molecule has 0 bridgehead atoms. The van der Waals surface area contributed by atoms with E-state index >= 15 is 0 Å². The van der Waals surface area contributed by atoms with Crippen LogP contribution in [-0.4, -0.2) is 9.97 Å². The summed E-state index contributed by atoms with van der Waals surface area (Å²) in [5.41, 5.74) is 6.12. The Morgan fingerprint density at radius 2 is 0.968 bits per heavy atom. The summed E-state index contributed by atoms with van der Waals surface area (Å²) in [5, 5.41) is 0. The van der Waals surface area contributed by atoms with Gasteiger partial charge >= 0.3 is 0 Å². The molecule has 2 aromatic heterocycles. The minimum atomic E-state index is 1.11. The van der Waals surface area contributed by atoms with E-state index in [1.807, 2.05) is 24.3 Å². The molecule has 0 aliphatic carbocycles. The average Bonchev–Trinajstić information content (AvgIpc) is 2.83. The highest BCUT2D eigenvalue weighted by Crippen LogP contribution is 2.08. The first kappa shape index (κ1) is 24.2. The van der Waals surface area contributed by atoms with Gasteiger partial charge in [-0.15, -0.1) is 0 Å². The van der Waals surface area contributed by atoms with Crippen LogP contribution in [0, 0.1) is 17.4 Å². The zero-order valence-electron chi connectivity index (χ0n) is 17.9. The molecule has 0 atom stereocenters. The van der Waals surface area contributed by atoms with E-state index in [0.29, 0.717) is 0 Å². The van der Waals surface area contributed by atoms with E-state index in [4.69, 9.17) is 0 Å². The second-order valence-corrected chi connectivity index (χ2v) is 8.05. The molecule has 0 aliphatic rings. The highest BCUT2D eigenvalue weighted by Gasteiger charge is 1.87. The molecule has 2 heterocycles. The van der Waals surface area contributed by atoms with Crippen molar-refractivity contribution in [3.05, 3.63) is 136 Å². The first-order valence-corrected chi connectivity index (χ1v) is 11.0. The second-order valence-electron chi connectivity index (χ2n) is 6.80. The predicted octanol–water partition coefficient (Wildman–Crippen LogP) is 7.88. The zero-order chi connectivity index (χ0) is 22.3. The quantitative estimate of drug-likeness (QED) is 0.258. The molecule has 0 N–H and O–H groups in total. The molecule has 31 heavy (non-hydrogen) atoms. The third-order valence-electron chi connectivity index (χ3n) is 4.20. The van der Waals surface area contributed by atoms with Gasteiger partial charge in [0.25, 0.3) is 0 Å². The summed E-state index contributed by atoms with van der Waals surface area (Å²) < 4.78 is 1.30. The largest absolute Gasteiger partial charge is 0.265 e. The van der Waals surface area contributed by atoms with Crippen LogP contribution >= 0.6 is 22.6 Å². The van der Waals surface area contributed by atoms with Gasteiger partial charge in [-0.05, 0) is 89.5 Å². The Labute approximate surface area is 199 Å². The lowest BCUT2D eigenvalue weighted by molar-refractivity contribution is 1.32. The monoisotopic (exact) mass is 518 g/mol. The molecule has 2 aromatic carbocycles. The number of aryl methyl sites for hydroxylation is 2. The van der Waals surface area contributed by atoms with Crippen LogP contribution in [0.2, 0.25) is 0 Å². The fourth-order valence-electron chi connectivity index (χ4n) is 2.38. The Morgan fingerprint density at radius 1 is 0.581 bits per heavy atom. The lowest BCUT2D eigenvalue weighted by Gasteiger charge is -1.95. The Morgan fingerprint density at radius 3 is 1.35 bits per heavy atom. The van der Waals surface area contributed by atoms with Crippen LogP contribution in [0.4, 0.5) is 0 Å². The maximum absolute atomic E-state index is 3.98. The molecule has 0 amide bonds. The number of nitrogens with zero attached hydrogens (tertiary/aromatic N) is 2. The number of pyridine rings is 2. The number of rotatable bonds is 3. The smallest absolute Gasteiger partial charge is 0.0273 e. The molecule has 4 rings (SSSR count). The molecule has 0 fully saturated rings. The Balaban J connectivity index is 0.000000181. The highest BCUT2D eigenvalue weighted by atomic mass is 127. The van der Waals surface area contributed by atoms with Crippen LogP contribution in [0.5, 0.6) is 0 Å². The van der Waals surface area contributed by atoms with Gasteiger partial charge in [-0.1, -0.05) is 72.3 Å². The van der Waals surface area contributed by atoms with E-state index in [0.717, 1.165) is 5.56 Å². The summed E-state index contributed by atoms with van der Waals surface area (Å²) in [7, 11) is 0. The van der Waals surface area contributed by atoms with Crippen molar-refractivity contribution in [2.24, 2.45) is 0 Å². The van der Waals surface area contributed by atoms with Crippen LogP contribution in [0.25, 0.3) is 18.2 Å². The molecule has 0 saturated heterocycles. The number of aromatic nitrogens is 2. The molecule has 2 nitrogen and oxygen atoms in total. The number of benzene rings is 2. The van der Waals surface area contributed by atoms with Gasteiger partial charge in [-0.3, -0.25) is 9.97 Å². The average molecular weight is 518 g/mol. The minimum absolute atomic E-state index is 1.11. The maximum Gasteiger partial charge on any atom is 0.0273 e. The Kier molecular flexibility index (Phi) is 11.0. The molecule has 0 spiro atoms. The Hall–Kier alpha value is -3.05. The van der Waals surface area contributed by atoms with Crippen molar-refractivity contribution >= 4 is 40.8 Å². The van der Waals surface area contributed by atoms with Crippen molar-refractivity contribution in [1.29, 1.82) is 0 Å². The van der Waals surface area contributed by atoms with Gasteiger partial charge in [0, 0.05) is 28.4 Å². The van der Waals surface area contributed by atoms with Gasteiger partial charge in [0.2, 0.25) is 0 Å². The summed E-state index contributed by atoms with van der Waals surface area (Å²) in [5.74, 6) is 0. The van der Waals surface area contributed by atoms with Crippen molar-refractivity contribution in [1.82, 2.24) is 9.97 Å². The van der Waals surface area contributed by atoms with Gasteiger partial charge < -0.3 is 0 Å². The Bertz CT molecular complexity index is 1020. The van der Waals surface area contributed by atoms with Gasteiger partial charge in [0.15, 0.2) is 0 Å². The van der Waals surface area contributed by atoms with Gasteiger partial charge in [-0.2, -0.15) is 0 Å². The molecule has 3 heteroatoms. The van der Waals surface area contributed by atoms with Crippen LogP contribution in [0.1, 0.15) is 27.8 Å². The first-order chi connectivity index (χ1) is 15.1. The summed E-state index contributed by atoms with van der Waals surface area (Å²) in [4.78, 5) is 7.82. The second kappa shape index (κ2) is 14.0. The van der Waals surface area contributed by atoms with E-state index in [1.165, 1.54) is 25.8 Å². The number of hydrogen-bond acceptors (Lipinski definition) is 2. The van der Waals surface area contributed by atoms with E-state index in [9.17, 15) is 0 Å². The zero-order valence-corrected chi connectivity index (χ0v) is 20.1. The van der Waals surface area contributed by atoms with E-state index in [2.05, 4.69) is 114 Å². The molecule has 0 radical (unpaired) electrons. The van der Waals surface area contributed by atoms with E-state index < -0.39 is 0 Å². The first-order valence-electron chi connectivity index (χ1n) is 9.96. The highest BCUT2D eigenvalue weighted by molar-refractivity contribution is 14.1. The van der Waals surface area contributed by atoms with E-state index in [-0.39, 0.29) is 0 Å². The van der Waals surface area contributed by atoms with Crippen LogP contribution in [0.3, 0.4) is 0 Å². The van der Waals surface area contributed by atoms with Crippen LogP contribution < -0.4 is 0 Å². The van der Waals surface area contributed by atoms with Gasteiger partial charge in [0.05, 0.1) is 0 Å². The number of hydrogen-bond donors (Lipinski definition) is 0. The van der Waals surface area contributed by atoms with Crippen molar-refractivity contribution in [2.75, 3.05) is 0 Å². The predicted molar refractivity (Wildman–Crippen MR) is 143 cm³/mol. The number of halogens is 1. The normalized spacial score (nSPS) is 9.77. The lowest BCUT2D eigenvalue weighted by Crippen LogP contribution is -1.75. The molecule has 4 aromatic rings. The van der Waals surface area contributed by atoms with Gasteiger partial charge in [-0.25, -0.2) is 0 Å². The molecule has 0 aliphatic heterocycles. The molecule has 0 unspecified atom stereocenters. The third kappa shape index (κ3) is 10.5. The van der Waals surface area contributed by atoms with E-state index in [1.54, 1.807) is 30.9 Å². The van der Waals surface area contributed by atoms with Crippen molar-refractivity contribution in [3.63, 3.8) is 0 Å². The maximum atomic E-state index is 3.98. The summed E-state index contributed by atoms with van der Waals surface area (Å²) in [6.45, 7) is 7.79. The lowest BCUT2D eigenvalue weighted by atomic mass is 10.1. The fourth-order valence-corrected chi connectivity index (χ4v) is 2.74. The van der Waals surface area contributed by atoms with Crippen molar-refractivity contribution < 1.29 is 0 Å². The van der Waals surface area contributed by atoms with Crippen molar-refractivity contribution in [2.45, 2.75) is 13.8 Å².